The van der Waals surface area contributed by atoms with Gasteiger partial charge in [0.05, 0.1) is 23.0 Å². The monoisotopic (exact) mass is 454 g/mol. The molecule has 0 bridgehead atoms. The topological polar surface area (TPSA) is 96.6 Å². The molecule has 1 saturated heterocycles. The number of nitrogens with zero attached hydrogens (tertiary/aromatic N) is 2. The Hall–Kier alpha value is -2.62. The predicted molar refractivity (Wildman–Crippen MR) is 120 cm³/mol. The van der Waals surface area contributed by atoms with E-state index in [1.807, 2.05) is 36.5 Å². The molecule has 1 aromatic heterocycles. The molecule has 0 amide bonds. The first-order valence-electron chi connectivity index (χ1n) is 11.1. The highest BCUT2D eigenvalue weighted by molar-refractivity contribution is 7.90. The van der Waals surface area contributed by atoms with Gasteiger partial charge in [-0.05, 0) is 48.6 Å². The van der Waals surface area contributed by atoms with Crippen LogP contribution in [0, 0.1) is 0 Å². The van der Waals surface area contributed by atoms with Gasteiger partial charge >= 0.3 is 0 Å². The van der Waals surface area contributed by atoms with Crippen LogP contribution in [0.15, 0.2) is 42.6 Å². The number of nitrogens with one attached hydrogen (secondary N) is 2. The van der Waals surface area contributed by atoms with Crippen LogP contribution < -0.4 is 14.2 Å². The summed E-state index contributed by atoms with van der Waals surface area (Å²) in [5, 5.41) is 8.07. The summed E-state index contributed by atoms with van der Waals surface area (Å²) < 4.78 is 40.1. The smallest absolute Gasteiger partial charge is 0.214 e. The molecular formula is C23H26N4O4S. The standard InChI is InChI=1S/C23H26N4O4S/c28-32(29,17-5-6-17)26-20-8-9-27(14-16-2-1-3-19-18(16)13-24-25-19)23(20)15-4-7-21-22(12-15)31-11-10-30-21/h1-4,7,12-13,17,20,23,26H,5-6,8-11,14H2,(H,24,25). The van der Waals surface area contributed by atoms with E-state index in [2.05, 4.69) is 25.9 Å². The van der Waals surface area contributed by atoms with Gasteiger partial charge in [-0.15, -0.1) is 0 Å². The molecule has 1 saturated carbocycles. The number of likely N-dealkylation sites (tertiary alicyclic amines) is 1. The van der Waals surface area contributed by atoms with Gasteiger partial charge in [0, 0.05) is 24.5 Å². The number of ether oxygens (including phenoxy) is 2. The molecule has 2 aliphatic heterocycles. The van der Waals surface area contributed by atoms with Gasteiger partial charge < -0.3 is 9.47 Å². The van der Waals surface area contributed by atoms with E-state index < -0.39 is 10.0 Å². The minimum atomic E-state index is -3.30. The van der Waals surface area contributed by atoms with Crippen molar-refractivity contribution in [2.75, 3.05) is 19.8 Å². The average molecular weight is 455 g/mol. The molecule has 9 heteroatoms. The molecular weight excluding hydrogens is 428 g/mol. The van der Waals surface area contributed by atoms with Crippen LogP contribution >= 0.6 is 0 Å². The number of sulfonamides is 1. The zero-order valence-corrected chi connectivity index (χ0v) is 18.5. The molecule has 3 heterocycles. The van der Waals surface area contributed by atoms with E-state index in [0.717, 1.165) is 53.8 Å². The van der Waals surface area contributed by atoms with Crippen molar-refractivity contribution in [3.05, 3.63) is 53.7 Å². The van der Waals surface area contributed by atoms with Crippen LogP contribution in [0.4, 0.5) is 0 Å². The fourth-order valence-corrected chi connectivity index (χ4v) is 6.53. The molecule has 2 N–H and O–H groups in total. The summed E-state index contributed by atoms with van der Waals surface area (Å²) in [6, 6.07) is 11.8. The highest BCUT2D eigenvalue weighted by Gasteiger charge is 2.42. The van der Waals surface area contributed by atoms with E-state index in [0.29, 0.717) is 19.8 Å². The van der Waals surface area contributed by atoms with E-state index in [4.69, 9.17) is 9.47 Å². The second-order valence-electron chi connectivity index (χ2n) is 8.82. The van der Waals surface area contributed by atoms with E-state index in [9.17, 15) is 8.42 Å². The Balaban J connectivity index is 1.35. The largest absolute Gasteiger partial charge is 0.486 e. The number of aromatic amines is 1. The summed E-state index contributed by atoms with van der Waals surface area (Å²) in [6.07, 6.45) is 4.12. The van der Waals surface area contributed by atoms with Gasteiger partial charge in [-0.25, -0.2) is 13.1 Å². The molecule has 2 unspecified atom stereocenters. The second-order valence-corrected chi connectivity index (χ2v) is 10.8. The minimum absolute atomic E-state index is 0.0958. The van der Waals surface area contributed by atoms with Gasteiger partial charge in [0.15, 0.2) is 11.5 Å². The predicted octanol–water partition coefficient (Wildman–Crippen LogP) is 2.73. The fraction of sp³-hybridized carbons (Fsp3) is 0.435. The van der Waals surface area contributed by atoms with Crippen LogP contribution in [-0.4, -0.2) is 54.6 Å². The number of hydrogen-bond acceptors (Lipinski definition) is 6. The lowest BCUT2D eigenvalue weighted by atomic mass is 9.99. The molecule has 0 spiro atoms. The summed E-state index contributed by atoms with van der Waals surface area (Å²) in [5.41, 5.74) is 3.21. The van der Waals surface area contributed by atoms with Crippen molar-refractivity contribution >= 4 is 20.9 Å². The molecule has 6 rings (SSSR count). The van der Waals surface area contributed by atoms with Crippen molar-refractivity contribution in [1.29, 1.82) is 0 Å². The van der Waals surface area contributed by atoms with Gasteiger partial charge in [0.2, 0.25) is 10.0 Å². The third-order valence-corrected chi connectivity index (χ3v) is 8.62. The Morgan fingerprint density at radius 2 is 1.94 bits per heavy atom. The van der Waals surface area contributed by atoms with Crippen molar-refractivity contribution in [3.63, 3.8) is 0 Å². The third kappa shape index (κ3) is 3.64. The van der Waals surface area contributed by atoms with E-state index in [-0.39, 0.29) is 17.3 Å². The first kappa shape index (κ1) is 20.0. The van der Waals surface area contributed by atoms with Gasteiger partial charge in [-0.3, -0.25) is 10.00 Å². The molecule has 32 heavy (non-hydrogen) atoms. The van der Waals surface area contributed by atoms with E-state index in [1.54, 1.807) is 0 Å². The average Bonchev–Trinajstić information content (AvgIpc) is 3.44. The number of benzene rings is 2. The molecule has 0 radical (unpaired) electrons. The molecule has 1 aliphatic carbocycles. The van der Waals surface area contributed by atoms with Crippen LogP contribution in [-0.2, 0) is 16.6 Å². The van der Waals surface area contributed by atoms with E-state index in [1.165, 1.54) is 5.56 Å². The Labute approximate surface area is 186 Å². The minimum Gasteiger partial charge on any atom is -0.486 e. The zero-order chi connectivity index (χ0) is 21.7. The van der Waals surface area contributed by atoms with Crippen molar-refractivity contribution in [2.45, 2.75) is 43.1 Å². The lowest BCUT2D eigenvalue weighted by molar-refractivity contribution is 0.170. The highest BCUT2D eigenvalue weighted by atomic mass is 32.2. The van der Waals surface area contributed by atoms with Crippen LogP contribution in [0.3, 0.4) is 0 Å². The lowest BCUT2D eigenvalue weighted by Crippen LogP contribution is -2.41. The maximum absolute atomic E-state index is 12.8. The van der Waals surface area contributed by atoms with Gasteiger partial charge in [0.25, 0.3) is 0 Å². The normalized spacial score (nSPS) is 23.6. The Morgan fingerprint density at radius 1 is 1.09 bits per heavy atom. The first-order valence-corrected chi connectivity index (χ1v) is 12.7. The Kier molecular flexibility index (Phi) is 4.85. The molecule has 3 aromatic rings. The molecule has 2 aromatic carbocycles. The summed E-state index contributed by atoms with van der Waals surface area (Å²) in [6.45, 7) is 2.56. The van der Waals surface area contributed by atoms with Crippen molar-refractivity contribution in [1.82, 2.24) is 19.8 Å². The zero-order valence-electron chi connectivity index (χ0n) is 17.7. The van der Waals surface area contributed by atoms with E-state index >= 15 is 0 Å². The summed E-state index contributed by atoms with van der Waals surface area (Å²) in [4.78, 5) is 2.35. The maximum Gasteiger partial charge on any atom is 0.214 e. The van der Waals surface area contributed by atoms with Crippen LogP contribution in [0.1, 0.15) is 36.4 Å². The number of hydrogen-bond donors (Lipinski definition) is 2. The number of fused-ring (bicyclic) bond motifs is 2. The highest BCUT2D eigenvalue weighted by Crippen LogP contribution is 2.40. The van der Waals surface area contributed by atoms with Crippen LogP contribution in [0.5, 0.6) is 11.5 Å². The third-order valence-electron chi connectivity index (χ3n) is 6.64. The summed E-state index contributed by atoms with van der Waals surface area (Å²) in [7, 11) is -3.30. The number of H-pyrrole nitrogens is 1. The number of rotatable bonds is 6. The van der Waals surface area contributed by atoms with Crippen molar-refractivity contribution in [3.8, 4) is 11.5 Å². The van der Waals surface area contributed by atoms with Gasteiger partial charge in [-0.1, -0.05) is 18.2 Å². The Bertz CT molecular complexity index is 1250. The molecule has 2 atom stereocenters. The molecule has 3 aliphatic rings. The second kappa shape index (κ2) is 7.75. The van der Waals surface area contributed by atoms with Gasteiger partial charge in [-0.2, -0.15) is 5.10 Å². The molecule has 2 fully saturated rings. The van der Waals surface area contributed by atoms with Crippen LogP contribution in [0.25, 0.3) is 10.9 Å². The van der Waals surface area contributed by atoms with Crippen LogP contribution in [0.2, 0.25) is 0 Å². The lowest BCUT2D eigenvalue weighted by Gasteiger charge is -2.30. The molecule has 168 valence electrons. The Morgan fingerprint density at radius 3 is 2.78 bits per heavy atom. The van der Waals surface area contributed by atoms with Crippen molar-refractivity contribution < 1.29 is 17.9 Å². The quantitative estimate of drug-likeness (QED) is 0.595. The SMILES string of the molecule is O=S(=O)(NC1CCN(Cc2cccc3[nH]ncc23)C1c1ccc2c(c1)OCCO2)C1CC1. The maximum atomic E-state index is 12.8. The fourth-order valence-electron chi connectivity index (χ4n) is 4.92. The first-order chi connectivity index (χ1) is 15.6. The van der Waals surface area contributed by atoms with Gasteiger partial charge in [0.1, 0.15) is 13.2 Å². The number of aromatic nitrogens is 2. The molecule has 8 nitrogen and oxygen atoms in total. The summed E-state index contributed by atoms with van der Waals surface area (Å²) >= 11 is 0. The van der Waals surface area contributed by atoms with Crippen molar-refractivity contribution in [2.24, 2.45) is 0 Å². The summed E-state index contributed by atoms with van der Waals surface area (Å²) in [5.74, 6) is 1.46.